The van der Waals surface area contributed by atoms with E-state index in [1.807, 2.05) is 0 Å². The van der Waals surface area contributed by atoms with Gasteiger partial charge in [0.25, 0.3) is 15.5 Å². The third kappa shape index (κ3) is 3.90. The number of nitrogens with zero attached hydrogens (tertiary/aromatic N) is 1. The average molecular weight is 341 g/mol. The van der Waals surface area contributed by atoms with Crippen molar-refractivity contribution in [2.75, 3.05) is 0 Å². The zero-order valence-electron chi connectivity index (χ0n) is 9.29. The molecule has 5 nitrogen and oxygen atoms in total. The molecule has 0 aliphatic rings. The second-order valence-corrected chi connectivity index (χ2v) is 5.81. The van der Waals surface area contributed by atoms with Gasteiger partial charge in [-0.15, -0.1) is 13.2 Å². The summed E-state index contributed by atoms with van der Waals surface area (Å²) >= 11 is 0. The molecule has 12 heteroatoms. The number of pyridine rings is 1. The molecule has 0 unspecified atom stereocenters. The van der Waals surface area contributed by atoms with E-state index in [0.29, 0.717) is 6.20 Å². The van der Waals surface area contributed by atoms with E-state index < -0.39 is 50.3 Å². The quantitative estimate of drug-likeness (QED) is 0.672. The van der Waals surface area contributed by atoms with Crippen LogP contribution >= 0.6 is 10.7 Å². The molecule has 0 fully saturated rings. The Bertz CT molecular complexity index is 605. The van der Waals surface area contributed by atoms with Gasteiger partial charge in [0.1, 0.15) is 10.6 Å². The van der Waals surface area contributed by atoms with Crippen molar-refractivity contribution in [1.29, 1.82) is 0 Å². The number of hydrogen-bond donors (Lipinski definition) is 1. The highest BCUT2D eigenvalue weighted by molar-refractivity contribution is 8.13. The Hall–Kier alpha value is -1.20. The number of rotatable bonds is 4. The second kappa shape index (κ2) is 5.66. The van der Waals surface area contributed by atoms with Crippen molar-refractivity contribution in [2.45, 2.75) is 24.2 Å². The van der Waals surface area contributed by atoms with E-state index in [1.54, 1.807) is 0 Å². The van der Waals surface area contributed by atoms with E-state index in [1.165, 1.54) is 0 Å². The van der Waals surface area contributed by atoms with Crippen LogP contribution in [0.1, 0.15) is 17.7 Å². The van der Waals surface area contributed by atoms with E-state index in [4.69, 9.17) is 16.4 Å². The number of ether oxygens (including phenoxy) is 1. The van der Waals surface area contributed by atoms with E-state index in [-0.39, 0.29) is 0 Å². The van der Waals surface area contributed by atoms with Crippen LogP contribution in [0.25, 0.3) is 0 Å². The van der Waals surface area contributed by atoms with Crippen molar-refractivity contribution in [3.63, 3.8) is 0 Å². The lowest BCUT2D eigenvalue weighted by Gasteiger charge is -2.16. The minimum Gasteiger partial charge on any atom is -0.404 e. The van der Waals surface area contributed by atoms with Crippen LogP contribution in [0.5, 0.6) is 5.75 Å². The van der Waals surface area contributed by atoms with Gasteiger partial charge >= 0.3 is 6.36 Å². The molecule has 0 saturated heterocycles. The van der Waals surface area contributed by atoms with Crippen LogP contribution in [0.3, 0.4) is 0 Å². The summed E-state index contributed by atoms with van der Waals surface area (Å²) in [7, 11) is 0.144. The molecule has 1 heterocycles. The number of alkyl halides is 5. The predicted octanol–water partition coefficient (Wildman–Crippen LogP) is 2.30. The van der Waals surface area contributed by atoms with Crippen LogP contribution in [-0.2, 0) is 15.6 Å². The maximum absolute atomic E-state index is 12.7. The summed E-state index contributed by atoms with van der Waals surface area (Å²) in [6.45, 7) is -0.824. The first-order chi connectivity index (χ1) is 8.97. The first-order valence-electron chi connectivity index (χ1n) is 4.67. The van der Waals surface area contributed by atoms with E-state index in [9.17, 15) is 30.4 Å². The van der Waals surface area contributed by atoms with Crippen LogP contribution in [0.4, 0.5) is 22.0 Å². The van der Waals surface area contributed by atoms with Crippen molar-refractivity contribution in [2.24, 2.45) is 5.73 Å². The molecule has 2 N–H and O–H groups in total. The molecule has 0 radical (unpaired) electrons. The molecule has 1 rings (SSSR count). The lowest BCUT2D eigenvalue weighted by Crippen LogP contribution is -2.21. The highest BCUT2D eigenvalue weighted by Gasteiger charge is 2.35. The van der Waals surface area contributed by atoms with Crippen LogP contribution in [0.2, 0.25) is 0 Å². The van der Waals surface area contributed by atoms with Gasteiger partial charge in [-0.1, -0.05) is 0 Å². The summed E-state index contributed by atoms with van der Waals surface area (Å²) in [6.07, 6.45) is -8.24. The summed E-state index contributed by atoms with van der Waals surface area (Å²) in [4.78, 5) is 1.66. The fraction of sp³-hybridized carbons (Fsp3) is 0.375. The summed E-state index contributed by atoms with van der Waals surface area (Å²) in [5.41, 5.74) is 2.97. The zero-order valence-corrected chi connectivity index (χ0v) is 10.9. The maximum atomic E-state index is 12.7. The molecule has 0 aliphatic carbocycles. The second-order valence-electron chi connectivity index (χ2n) is 3.31. The monoisotopic (exact) mass is 340 g/mol. The number of hydrogen-bond acceptors (Lipinski definition) is 5. The molecule has 0 bridgehead atoms. The van der Waals surface area contributed by atoms with E-state index in [2.05, 4.69) is 9.72 Å². The Labute approximate surface area is 113 Å². The summed E-state index contributed by atoms with van der Waals surface area (Å²) in [6, 6.07) is 0. The lowest BCUT2D eigenvalue weighted by atomic mass is 10.2. The highest BCUT2D eigenvalue weighted by atomic mass is 35.7. The molecule has 1 aromatic rings. The molecule has 0 aromatic carbocycles. The average Bonchev–Trinajstić information content (AvgIpc) is 2.24. The smallest absolute Gasteiger partial charge is 0.404 e. The minimum atomic E-state index is -5.18. The standard InChI is InChI=1S/C8H6ClF5N2O3S/c9-20(17,18)6-3(1-15)4(19-8(12,13)14)2-16-5(6)7(10)11/h2,7H,1,15H2. The number of aromatic nitrogens is 1. The van der Waals surface area contributed by atoms with Crippen molar-refractivity contribution in [3.8, 4) is 5.75 Å². The van der Waals surface area contributed by atoms with Crippen molar-refractivity contribution < 1.29 is 35.1 Å². The lowest BCUT2D eigenvalue weighted by molar-refractivity contribution is -0.275. The molecule has 0 saturated carbocycles. The fourth-order valence-corrected chi connectivity index (χ4v) is 2.75. The third-order valence-corrected chi connectivity index (χ3v) is 3.41. The summed E-state index contributed by atoms with van der Waals surface area (Å²) < 4.78 is 87.7. The van der Waals surface area contributed by atoms with Gasteiger partial charge in [0, 0.05) is 22.8 Å². The van der Waals surface area contributed by atoms with E-state index >= 15 is 0 Å². The van der Waals surface area contributed by atoms with Gasteiger partial charge in [0.15, 0.2) is 5.75 Å². The Kier molecular flexibility index (Phi) is 4.77. The molecule has 0 amide bonds. The summed E-state index contributed by atoms with van der Waals surface area (Å²) in [5.74, 6) is -1.11. The minimum absolute atomic E-state index is 0.308. The molecule has 0 atom stereocenters. The fourth-order valence-electron chi connectivity index (χ4n) is 1.36. The molecule has 0 aliphatic heterocycles. The van der Waals surface area contributed by atoms with Crippen LogP contribution in [0, 0.1) is 0 Å². The first kappa shape index (κ1) is 16.9. The molecule has 1 aromatic heterocycles. The van der Waals surface area contributed by atoms with Crippen molar-refractivity contribution in [3.05, 3.63) is 17.5 Å². The topological polar surface area (TPSA) is 82.3 Å². The van der Waals surface area contributed by atoms with Crippen molar-refractivity contribution >= 4 is 19.7 Å². The SMILES string of the molecule is NCc1c(OC(F)(F)F)cnc(C(F)F)c1S(=O)(=O)Cl. The Morgan fingerprint density at radius 3 is 2.30 bits per heavy atom. The molecule has 20 heavy (non-hydrogen) atoms. The van der Waals surface area contributed by atoms with Gasteiger partial charge in [-0.2, -0.15) is 0 Å². The summed E-state index contributed by atoms with van der Waals surface area (Å²) in [5, 5.41) is 0. The van der Waals surface area contributed by atoms with Gasteiger partial charge in [-0.25, -0.2) is 22.2 Å². The Morgan fingerprint density at radius 2 is 1.95 bits per heavy atom. The normalized spacial score (nSPS) is 12.8. The third-order valence-electron chi connectivity index (χ3n) is 2.01. The number of halogens is 6. The predicted molar refractivity (Wildman–Crippen MR) is 56.8 cm³/mol. The van der Waals surface area contributed by atoms with Gasteiger partial charge in [-0.05, 0) is 0 Å². The number of nitrogens with two attached hydrogens (primary N) is 1. The van der Waals surface area contributed by atoms with Gasteiger partial charge in [-0.3, -0.25) is 0 Å². The Balaban J connectivity index is 3.62. The maximum Gasteiger partial charge on any atom is 0.573 e. The van der Waals surface area contributed by atoms with Crippen molar-refractivity contribution in [1.82, 2.24) is 4.98 Å². The molecule has 114 valence electrons. The molecule has 0 spiro atoms. The van der Waals surface area contributed by atoms with E-state index in [0.717, 1.165) is 0 Å². The highest BCUT2D eigenvalue weighted by Crippen LogP contribution is 2.36. The van der Waals surface area contributed by atoms with Gasteiger partial charge in [0.05, 0.1) is 6.20 Å². The van der Waals surface area contributed by atoms with Gasteiger partial charge < -0.3 is 10.5 Å². The van der Waals surface area contributed by atoms with Crippen LogP contribution in [0.15, 0.2) is 11.1 Å². The first-order valence-corrected chi connectivity index (χ1v) is 6.98. The largest absolute Gasteiger partial charge is 0.573 e. The van der Waals surface area contributed by atoms with Crippen LogP contribution < -0.4 is 10.5 Å². The Morgan fingerprint density at radius 1 is 1.40 bits per heavy atom. The zero-order chi connectivity index (χ0) is 15.7. The van der Waals surface area contributed by atoms with Crippen LogP contribution in [-0.4, -0.2) is 19.8 Å². The van der Waals surface area contributed by atoms with Gasteiger partial charge in [0.2, 0.25) is 0 Å². The molecular weight excluding hydrogens is 335 g/mol. The molecular formula is C8H6ClF5N2O3S.